The first kappa shape index (κ1) is 12.3. The van der Waals surface area contributed by atoms with Crippen LogP contribution in [-0.2, 0) is 0 Å². The van der Waals surface area contributed by atoms with Crippen LogP contribution < -0.4 is 0 Å². The van der Waals surface area contributed by atoms with Crippen molar-refractivity contribution in [2.45, 2.75) is 45.8 Å². The van der Waals surface area contributed by atoms with Gasteiger partial charge >= 0.3 is 6.18 Å². The van der Waals surface area contributed by atoms with E-state index in [1.165, 1.54) is 4.90 Å². The molecule has 0 radical (unpaired) electrons. The first-order chi connectivity index (χ1) is 6.61. The molecule has 0 unspecified atom stereocenters. The summed E-state index contributed by atoms with van der Waals surface area (Å²) in [6.45, 7) is 4.30. The van der Waals surface area contributed by atoms with E-state index >= 15 is 0 Å². The molecule has 1 fully saturated rings. The summed E-state index contributed by atoms with van der Waals surface area (Å²) in [7, 11) is 0. The summed E-state index contributed by atoms with van der Waals surface area (Å²) in [6.07, 6.45) is -2.68. The second-order valence-electron chi connectivity index (χ2n) is 5.07. The molecule has 88 valence electrons. The summed E-state index contributed by atoms with van der Waals surface area (Å²) in [6, 6.07) is -0.0710. The highest BCUT2D eigenvalue weighted by molar-refractivity contribution is 5.84. The summed E-state index contributed by atoms with van der Waals surface area (Å²) >= 11 is 0. The van der Waals surface area contributed by atoms with E-state index in [4.69, 9.17) is 5.41 Å². The molecule has 1 rings (SSSR count). The quantitative estimate of drug-likeness (QED) is 0.564. The fourth-order valence-electron chi connectivity index (χ4n) is 1.40. The van der Waals surface area contributed by atoms with Crippen molar-refractivity contribution < 1.29 is 13.2 Å². The zero-order chi connectivity index (χ0) is 11.9. The summed E-state index contributed by atoms with van der Waals surface area (Å²) in [5.41, 5.74) is -0.520. The summed E-state index contributed by atoms with van der Waals surface area (Å²) < 4.78 is 36.9. The van der Waals surface area contributed by atoms with Gasteiger partial charge in [-0.2, -0.15) is 13.2 Å². The molecule has 1 N–H and O–H groups in total. The van der Waals surface area contributed by atoms with Crippen molar-refractivity contribution in [3.63, 3.8) is 0 Å². The standard InChI is InChI=1S/C10H17F3N2/c1-9(2,3)8(14)15(7-4-5-7)6-10(11,12)13/h7,14H,4-6H2,1-3H3. The average molecular weight is 222 g/mol. The van der Waals surface area contributed by atoms with Gasteiger partial charge in [0.05, 0.1) is 0 Å². The lowest BCUT2D eigenvalue weighted by Gasteiger charge is -2.33. The number of nitrogens with zero attached hydrogens (tertiary/aromatic N) is 1. The minimum atomic E-state index is -4.22. The van der Waals surface area contributed by atoms with Crippen molar-refractivity contribution in [1.29, 1.82) is 5.41 Å². The first-order valence-electron chi connectivity index (χ1n) is 5.04. The van der Waals surface area contributed by atoms with Crippen LogP contribution in [0.4, 0.5) is 13.2 Å². The maximum absolute atomic E-state index is 12.3. The molecular weight excluding hydrogens is 205 g/mol. The Morgan fingerprint density at radius 2 is 1.73 bits per heavy atom. The number of hydrogen-bond donors (Lipinski definition) is 1. The molecule has 0 aliphatic heterocycles. The molecule has 1 saturated carbocycles. The molecule has 0 bridgehead atoms. The Balaban J connectivity index is 2.71. The fraction of sp³-hybridized carbons (Fsp3) is 0.900. The molecular formula is C10H17F3N2. The van der Waals surface area contributed by atoms with Crippen molar-refractivity contribution >= 4 is 5.84 Å². The minimum absolute atomic E-state index is 0.0710. The first-order valence-corrected chi connectivity index (χ1v) is 5.04. The third kappa shape index (κ3) is 3.72. The number of rotatable bonds is 2. The molecule has 0 aromatic carbocycles. The molecule has 1 aliphatic carbocycles. The van der Waals surface area contributed by atoms with E-state index in [9.17, 15) is 13.2 Å². The van der Waals surface area contributed by atoms with Crippen molar-refractivity contribution in [2.24, 2.45) is 5.41 Å². The van der Waals surface area contributed by atoms with Crippen LogP contribution in [0.5, 0.6) is 0 Å². The van der Waals surface area contributed by atoms with Crippen LogP contribution in [0.25, 0.3) is 0 Å². The molecule has 15 heavy (non-hydrogen) atoms. The lowest BCUT2D eigenvalue weighted by atomic mass is 9.94. The predicted octanol–water partition coefficient (Wildman–Crippen LogP) is 3.04. The van der Waals surface area contributed by atoms with E-state index in [-0.39, 0.29) is 11.9 Å². The molecule has 5 heteroatoms. The lowest BCUT2D eigenvalue weighted by molar-refractivity contribution is -0.139. The Bertz CT molecular complexity index is 248. The maximum atomic E-state index is 12.3. The Hall–Kier alpha value is -0.740. The van der Waals surface area contributed by atoms with Crippen molar-refractivity contribution in [2.75, 3.05) is 6.54 Å². The molecule has 0 amide bonds. The van der Waals surface area contributed by atoms with Gasteiger partial charge in [-0.25, -0.2) is 0 Å². The number of nitrogens with one attached hydrogen (secondary N) is 1. The second-order valence-corrected chi connectivity index (χ2v) is 5.07. The Kier molecular flexibility index (Phi) is 3.03. The van der Waals surface area contributed by atoms with E-state index in [2.05, 4.69) is 0 Å². The Morgan fingerprint density at radius 1 is 1.27 bits per heavy atom. The van der Waals surface area contributed by atoms with Gasteiger partial charge in [0, 0.05) is 11.5 Å². The fourth-order valence-corrected chi connectivity index (χ4v) is 1.40. The second kappa shape index (κ2) is 3.68. The van der Waals surface area contributed by atoms with Gasteiger partial charge in [0.2, 0.25) is 0 Å². The summed E-state index contributed by atoms with van der Waals surface area (Å²) in [4.78, 5) is 1.19. The molecule has 2 nitrogen and oxygen atoms in total. The molecule has 0 aromatic rings. The SMILES string of the molecule is CC(C)(C)C(=N)N(CC(F)(F)F)C1CC1. The third-order valence-electron chi connectivity index (χ3n) is 2.33. The molecule has 0 atom stereocenters. The number of amidine groups is 1. The van der Waals surface area contributed by atoms with Gasteiger partial charge < -0.3 is 4.90 Å². The summed E-state index contributed by atoms with van der Waals surface area (Å²) in [5.74, 6) is 0.0855. The number of hydrogen-bond acceptors (Lipinski definition) is 1. The lowest BCUT2D eigenvalue weighted by Crippen LogP contribution is -2.45. The van der Waals surface area contributed by atoms with E-state index in [1.54, 1.807) is 20.8 Å². The van der Waals surface area contributed by atoms with Crippen LogP contribution in [-0.4, -0.2) is 29.5 Å². The largest absolute Gasteiger partial charge is 0.405 e. The minimum Gasteiger partial charge on any atom is -0.348 e. The number of halogens is 3. The van der Waals surface area contributed by atoms with Gasteiger partial charge in [-0.15, -0.1) is 0 Å². The topological polar surface area (TPSA) is 27.1 Å². The van der Waals surface area contributed by atoms with Gasteiger partial charge in [-0.1, -0.05) is 20.8 Å². The van der Waals surface area contributed by atoms with Crippen LogP contribution in [0.15, 0.2) is 0 Å². The van der Waals surface area contributed by atoms with Gasteiger partial charge in [0.15, 0.2) is 0 Å². The van der Waals surface area contributed by atoms with Gasteiger partial charge in [-0.05, 0) is 12.8 Å². The smallest absolute Gasteiger partial charge is 0.348 e. The average Bonchev–Trinajstić information content (AvgIpc) is 2.77. The van der Waals surface area contributed by atoms with Gasteiger partial charge in [-0.3, -0.25) is 5.41 Å². The molecule has 0 saturated heterocycles. The predicted molar refractivity (Wildman–Crippen MR) is 53.0 cm³/mol. The van der Waals surface area contributed by atoms with Crippen LogP contribution in [0, 0.1) is 10.8 Å². The van der Waals surface area contributed by atoms with E-state index in [0.717, 1.165) is 12.8 Å². The maximum Gasteiger partial charge on any atom is 0.405 e. The van der Waals surface area contributed by atoms with Crippen LogP contribution in [0.1, 0.15) is 33.6 Å². The van der Waals surface area contributed by atoms with Gasteiger partial charge in [0.25, 0.3) is 0 Å². The highest BCUT2D eigenvalue weighted by Crippen LogP contribution is 2.33. The Labute approximate surface area is 88.0 Å². The monoisotopic (exact) mass is 222 g/mol. The van der Waals surface area contributed by atoms with E-state index < -0.39 is 18.1 Å². The highest BCUT2D eigenvalue weighted by atomic mass is 19.4. The molecule has 0 aromatic heterocycles. The zero-order valence-electron chi connectivity index (χ0n) is 9.28. The van der Waals surface area contributed by atoms with Gasteiger partial charge in [0.1, 0.15) is 12.4 Å². The third-order valence-corrected chi connectivity index (χ3v) is 2.33. The molecule has 0 heterocycles. The Morgan fingerprint density at radius 3 is 2.00 bits per heavy atom. The summed E-state index contributed by atoms with van der Waals surface area (Å²) in [5, 5.41) is 7.77. The van der Waals surface area contributed by atoms with Crippen LogP contribution in [0.2, 0.25) is 0 Å². The molecule has 0 spiro atoms. The normalized spacial score (nSPS) is 17.7. The van der Waals surface area contributed by atoms with Crippen LogP contribution >= 0.6 is 0 Å². The van der Waals surface area contributed by atoms with Crippen LogP contribution in [0.3, 0.4) is 0 Å². The van der Waals surface area contributed by atoms with E-state index in [1.807, 2.05) is 0 Å². The highest BCUT2D eigenvalue weighted by Gasteiger charge is 2.41. The van der Waals surface area contributed by atoms with Crippen molar-refractivity contribution in [3.8, 4) is 0 Å². The van der Waals surface area contributed by atoms with Crippen molar-refractivity contribution in [3.05, 3.63) is 0 Å². The molecule has 1 aliphatic rings. The number of alkyl halides is 3. The van der Waals surface area contributed by atoms with Crippen molar-refractivity contribution in [1.82, 2.24) is 4.90 Å². The zero-order valence-corrected chi connectivity index (χ0v) is 9.28. The van der Waals surface area contributed by atoms with E-state index in [0.29, 0.717) is 0 Å².